The summed E-state index contributed by atoms with van der Waals surface area (Å²) in [5.41, 5.74) is 2.68. The maximum atomic E-state index is 13.1. The van der Waals surface area contributed by atoms with Crippen molar-refractivity contribution in [3.8, 4) is 11.1 Å². The first-order valence-corrected chi connectivity index (χ1v) is 10.8. The van der Waals surface area contributed by atoms with Gasteiger partial charge in [-0.2, -0.15) is 0 Å². The van der Waals surface area contributed by atoms with Gasteiger partial charge in [-0.15, -0.1) is 11.3 Å². The number of fused-ring (bicyclic) bond motifs is 1. The summed E-state index contributed by atoms with van der Waals surface area (Å²) in [5, 5.41) is 5.85. The maximum absolute atomic E-state index is 13.1. The van der Waals surface area contributed by atoms with Gasteiger partial charge in [-0.25, -0.2) is 4.98 Å². The van der Waals surface area contributed by atoms with Crippen LogP contribution >= 0.6 is 22.9 Å². The van der Waals surface area contributed by atoms with Crippen LogP contribution in [0.5, 0.6) is 0 Å². The molecule has 0 fully saturated rings. The molecule has 2 aromatic heterocycles. The van der Waals surface area contributed by atoms with Gasteiger partial charge in [-0.3, -0.25) is 19.0 Å². The molecule has 6 nitrogen and oxygen atoms in total. The first kappa shape index (κ1) is 21.0. The van der Waals surface area contributed by atoms with E-state index in [4.69, 9.17) is 11.6 Å². The molecule has 2 heterocycles. The van der Waals surface area contributed by atoms with Crippen molar-refractivity contribution in [2.24, 2.45) is 0 Å². The van der Waals surface area contributed by atoms with Gasteiger partial charge in [0.1, 0.15) is 4.83 Å². The molecule has 0 unspecified atom stereocenters. The summed E-state index contributed by atoms with van der Waals surface area (Å²) in [6.07, 6.45) is 1.59. The van der Waals surface area contributed by atoms with Crippen LogP contribution in [0.4, 0.5) is 5.69 Å². The molecule has 0 saturated heterocycles. The second kappa shape index (κ2) is 8.83. The summed E-state index contributed by atoms with van der Waals surface area (Å²) >= 11 is 7.37. The Bertz CT molecular complexity index is 1330. The Balaban J connectivity index is 1.51. The molecular weight excluding hydrogens is 434 g/mol. The highest BCUT2D eigenvalue weighted by atomic mass is 35.5. The summed E-state index contributed by atoms with van der Waals surface area (Å²) in [6.45, 7) is 1.69. The quantitative estimate of drug-likeness (QED) is 0.418. The predicted octanol–water partition coefficient (Wildman–Crippen LogP) is 5.01. The molecule has 0 aliphatic carbocycles. The Morgan fingerprint density at radius 3 is 2.48 bits per heavy atom. The Morgan fingerprint density at radius 1 is 1.10 bits per heavy atom. The minimum absolute atomic E-state index is 0.0356. The minimum atomic E-state index is -0.231. The highest BCUT2D eigenvalue weighted by Gasteiger charge is 2.14. The van der Waals surface area contributed by atoms with Gasteiger partial charge >= 0.3 is 0 Å². The largest absolute Gasteiger partial charge is 0.326 e. The van der Waals surface area contributed by atoms with Gasteiger partial charge in [0.2, 0.25) is 5.91 Å². The van der Waals surface area contributed by atoms with Crippen molar-refractivity contribution in [3.63, 3.8) is 0 Å². The average Bonchev–Trinajstić information content (AvgIpc) is 3.19. The molecule has 2 aromatic carbocycles. The molecule has 0 saturated carbocycles. The van der Waals surface area contributed by atoms with Crippen LogP contribution in [0.1, 0.15) is 23.7 Å². The number of hydrogen-bond donors (Lipinski definition) is 1. The average molecular weight is 452 g/mol. The van der Waals surface area contributed by atoms with E-state index < -0.39 is 0 Å². The molecule has 0 radical (unpaired) electrons. The summed E-state index contributed by atoms with van der Waals surface area (Å²) in [6, 6.07) is 14.0. The lowest BCUT2D eigenvalue weighted by atomic mass is 10.1. The number of carbonyl (C=O) groups is 2. The zero-order valence-electron chi connectivity index (χ0n) is 16.6. The number of nitrogens with one attached hydrogen (secondary N) is 1. The number of hydrogen-bond acceptors (Lipinski definition) is 5. The van der Waals surface area contributed by atoms with Crippen LogP contribution in [0.2, 0.25) is 5.02 Å². The Kier molecular flexibility index (Phi) is 5.97. The van der Waals surface area contributed by atoms with E-state index in [1.165, 1.54) is 29.2 Å². The molecule has 31 heavy (non-hydrogen) atoms. The number of rotatable bonds is 6. The fraction of sp³-hybridized carbons (Fsp3) is 0.130. The van der Waals surface area contributed by atoms with E-state index in [0.29, 0.717) is 26.5 Å². The zero-order valence-corrected chi connectivity index (χ0v) is 18.2. The van der Waals surface area contributed by atoms with E-state index in [9.17, 15) is 14.4 Å². The molecule has 1 amide bonds. The number of nitrogens with zero attached hydrogens (tertiary/aromatic N) is 2. The molecule has 1 N–H and O–H groups in total. The fourth-order valence-electron chi connectivity index (χ4n) is 3.20. The SMILES string of the molecule is CC(=O)c1ccc(NC(=O)CCn2cnc3scc(-c4ccc(Cl)cc4)c3c2=O)cc1. The number of amides is 1. The lowest BCUT2D eigenvalue weighted by Gasteiger charge is -2.08. The van der Waals surface area contributed by atoms with Gasteiger partial charge in [0.25, 0.3) is 5.56 Å². The molecule has 0 aliphatic heterocycles. The Morgan fingerprint density at radius 2 is 1.81 bits per heavy atom. The number of anilines is 1. The topological polar surface area (TPSA) is 81.1 Å². The summed E-state index contributed by atoms with van der Waals surface area (Å²) in [5.74, 6) is -0.266. The first-order valence-electron chi connectivity index (χ1n) is 9.56. The van der Waals surface area contributed by atoms with Crippen LogP contribution in [-0.2, 0) is 11.3 Å². The molecule has 4 aromatic rings. The van der Waals surface area contributed by atoms with Gasteiger partial charge in [-0.05, 0) is 48.9 Å². The predicted molar refractivity (Wildman–Crippen MR) is 124 cm³/mol. The van der Waals surface area contributed by atoms with Crippen molar-refractivity contribution >= 4 is 50.5 Å². The minimum Gasteiger partial charge on any atom is -0.326 e. The highest BCUT2D eigenvalue weighted by Crippen LogP contribution is 2.31. The van der Waals surface area contributed by atoms with Crippen molar-refractivity contribution in [1.82, 2.24) is 9.55 Å². The smallest absolute Gasteiger partial charge is 0.262 e. The number of aryl methyl sites for hydroxylation is 1. The van der Waals surface area contributed by atoms with Crippen LogP contribution in [0.15, 0.2) is 65.0 Å². The van der Waals surface area contributed by atoms with E-state index in [-0.39, 0.29) is 30.2 Å². The van der Waals surface area contributed by atoms with Gasteiger partial charge in [0.15, 0.2) is 5.78 Å². The molecule has 0 spiro atoms. The van der Waals surface area contributed by atoms with Crippen LogP contribution in [0, 0.1) is 0 Å². The molecule has 4 rings (SSSR count). The van der Waals surface area contributed by atoms with Crippen molar-refractivity contribution in [2.45, 2.75) is 19.9 Å². The van der Waals surface area contributed by atoms with Gasteiger partial charge < -0.3 is 5.32 Å². The third-order valence-corrected chi connectivity index (χ3v) is 6.01. The van der Waals surface area contributed by atoms with Crippen molar-refractivity contribution in [2.75, 3.05) is 5.32 Å². The number of ketones is 1. The second-order valence-electron chi connectivity index (χ2n) is 7.01. The van der Waals surface area contributed by atoms with Crippen LogP contribution in [0.25, 0.3) is 21.3 Å². The monoisotopic (exact) mass is 451 g/mol. The molecule has 0 bridgehead atoms. The Labute approximate surface area is 187 Å². The maximum Gasteiger partial charge on any atom is 0.262 e. The van der Waals surface area contributed by atoms with E-state index in [2.05, 4.69) is 10.3 Å². The fourth-order valence-corrected chi connectivity index (χ4v) is 4.24. The van der Waals surface area contributed by atoms with Crippen LogP contribution in [0.3, 0.4) is 0 Å². The van der Waals surface area contributed by atoms with Crippen molar-refractivity contribution in [1.29, 1.82) is 0 Å². The van der Waals surface area contributed by atoms with E-state index >= 15 is 0 Å². The molecule has 156 valence electrons. The van der Waals surface area contributed by atoms with Crippen LogP contribution < -0.4 is 10.9 Å². The highest BCUT2D eigenvalue weighted by molar-refractivity contribution is 7.17. The zero-order chi connectivity index (χ0) is 22.0. The molecule has 8 heteroatoms. The lowest BCUT2D eigenvalue weighted by Crippen LogP contribution is -2.23. The van der Waals surface area contributed by atoms with Gasteiger partial charge in [0, 0.05) is 40.2 Å². The third kappa shape index (κ3) is 4.57. The molecule has 0 atom stereocenters. The number of carbonyl (C=O) groups excluding carboxylic acids is 2. The number of thiophene rings is 1. The van der Waals surface area contributed by atoms with Gasteiger partial charge in [0.05, 0.1) is 11.7 Å². The third-order valence-electron chi connectivity index (χ3n) is 4.87. The Hall–Kier alpha value is -3.29. The van der Waals surface area contributed by atoms with E-state index in [1.807, 2.05) is 17.5 Å². The van der Waals surface area contributed by atoms with Crippen LogP contribution in [-0.4, -0.2) is 21.2 Å². The number of aromatic nitrogens is 2. The summed E-state index contributed by atoms with van der Waals surface area (Å²) in [7, 11) is 0. The normalized spacial score (nSPS) is 10.9. The van der Waals surface area contributed by atoms with Gasteiger partial charge in [-0.1, -0.05) is 23.7 Å². The lowest BCUT2D eigenvalue weighted by molar-refractivity contribution is -0.116. The standard InChI is InChI=1S/C23H18ClN3O3S/c1-14(28)15-4-8-18(9-5-15)26-20(29)10-11-27-13-25-22-21(23(27)30)19(12-31-22)16-2-6-17(24)7-3-16/h2-9,12-13H,10-11H2,1H3,(H,26,29). The van der Waals surface area contributed by atoms with Crippen molar-refractivity contribution < 1.29 is 9.59 Å². The summed E-state index contributed by atoms with van der Waals surface area (Å²) in [4.78, 5) is 41.8. The van der Waals surface area contributed by atoms with Crippen molar-refractivity contribution in [3.05, 3.63) is 81.2 Å². The number of Topliss-reactive ketones (excluding diaryl/α,β-unsaturated/α-hetero) is 1. The number of benzene rings is 2. The molecular formula is C23H18ClN3O3S. The summed E-state index contributed by atoms with van der Waals surface area (Å²) < 4.78 is 1.45. The molecule has 0 aliphatic rings. The van der Waals surface area contributed by atoms with E-state index in [1.54, 1.807) is 36.4 Å². The first-order chi connectivity index (χ1) is 14.9. The van der Waals surface area contributed by atoms with E-state index in [0.717, 1.165) is 11.1 Å². The second-order valence-corrected chi connectivity index (χ2v) is 8.31. The number of halogens is 1.